The van der Waals surface area contributed by atoms with Crippen LogP contribution in [0.4, 0.5) is 0 Å². The Balaban J connectivity index is 1.92. The predicted octanol–water partition coefficient (Wildman–Crippen LogP) is 5.71. The summed E-state index contributed by atoms with van der Waals surface area (Å²) < 4.78 is 0. The van der Waals surface area contributed by atoms with Crippen molar-refractivity contribution in [2.75, 3.05) is 6.54 Å². The summed E-state index contributed by atoms with van der Waals surface area (Å²) >= 11 is 0. The Morgan fingerprint density at radius 3 is 2.06 bits per heavy atom. The number of fused-ring (bicyclic) bond motifs is 1. The van der Waals surface area contributed by atoms with Crippen molar-refractivity contribution >= 4 is 29.4 Å². The van der Waals surface area contributed by atoms with Gasteiger partial charge in [-0.05, 0) is 21.9 Å². The average Bonchev–Trinajstić information content (AvgIpc) is 2.84. The Morgan fingerprint density at radius 1 is 0.818 bits per heavy atom. The van der Waals surface area contributed by atoms with E-state index in [0.29, 0.717) is 0 Å². The zero-order chi connectivity index (χ0) is 23.4. The van der Waals surface area contributed by atoms with Crippen LogP contribution in [0.2, 0.25) is 13.1 Å². The lowest BCUT2D eigenvalue weighted by molar-refractivity contribution is -0.483. The minimum Gasteiger partial charge on any atom is -0.304 e. The molecule has 2 atom stereocenters. The van der Waals surface area contributed by atoms with E-state index in [-0.39, 0.29) is 16.9 Å². The predicted molar refractivity (Wildman–Crippen MR) is 136 cm³/mol. The first-order chi connectivity index (χ1) is 15.9. The van der Waals surface area contributed by atoms with E-state index in [4.69, 9.17) is 0 Å². The zero-order valence-electron chi connectivity index (χ0n) is 18.8. The van der Waals surface area contributed by atoms with Gasteiger partial charge in [-0.25, -0.2) is 0 Å². The summed E-state index contributed by atoms with van der Waals surface area (Å²) in [6, 6.07) is 33.2. The van der Waals surface area contributed by atoms with Gasteiger partial charge < -0.3 is 4.79 Å². The molecule has 0 aromatic heterocycles. The van der Waals surface area contributed by atoms with Crippen LogP contribution in [0.25, 0.3) is 10.8 Å². The summed E-state index contributed by atoms with van der Waals surface area (Å²) in [4.78, 5) is 26.0. The summed E-state index contributed by atoms with van der Waals surface area (Å²) in [7, 11) is -2.60. The van der Waals surface area contributed by atoms with Crippen molar-refractivity contribution in [1.29, 1.82) is 0 Å². The first-order valence-corrected chi connectivity index (χ1v) is 14.1. The van der Waals surface area contributed by atoms with E-state index in [1.807, 2.05) is 116 Å². The third-order valence-corrected chi connectivity index (χ3v) is 9.84. The van der Waals surface area contributed by atoms with Gasteiger partial charge in [0.05, 0.1) is 11.8 Å². The van der Waals surface area contributed by atoms with E-state index in [2.05, 4.69) is 0 Å². The van der Waals surface area contributed by atoms with Gasteiger partial charge >= 0.3 is 0 Å². The molecule has 0 aliphatic carbocycles. The maximum atomic E-state index is 14.3. The molecule has 4 nitrogen and oxygen atoms in total. The minimum absolute atomic E-state index is 0.111. The van der Waals surface area contributed by atoms with E-state index in [0.717, 1.165) is 27.1 Å². The SMILES string of the molecule is C[Si](C)(C(=O)[C@H](c1ccccc1)[C@@H](C[N+](=O)[O-])c1cccc2ccccc12)c1ccccc1. The van der Waals surface area contributed by atoms with Crippen LogP contribution in [-0.4, -0.2) is 24.9 Å². The summed E-state index contributed by atoms with van der Waals surface area (Å²) in [5, 5.41) is 15.0. The molecule has 33 heavy (non-hydrogen) atoms. The van der Waals surface area contributed by atoms with Crippen molar-refractivity contribution in [3.63, 3.8) is 0 Å². The van der Waals surface area contributed by atoms with E-state index in [1.54, 1.807) is 0 Å². The second-order valence-corrected chi connectivity index (χ2v) is 13.3. The van der Waals surface area contributed by atoms with Gasteiger partial charge in [-0.1, -0.05) is 121 Å². The monoisotopic (exact) mass is 453 g/mol. The Kier molecular flexibility index (Phi) is 6.51. The molecule has 0 saturated carbocycles. The van der Waals surface area contributed by atoms with E-state index in [1.165, 1.54) is 0 Å². The number of hydrogen-bond acceptors (Lipinski definition) is 3. The fourth-order valence-corrected chi connectivity index (χ4v) is 7.19. The molecule has 0 unspecified atom stereocenters. The lowest BCUT2D eigenvalue weighted by Gasteiger charge is -2.32. The Hall–Kier alpha value is -3.57. The quantitative estimate of drug-likeness (QED) is 0.195. The molecule has 0 N–H and O–H groups in total. The van der Waals surface area contributed by atoms with Gasteiger partial charge in [-0.15, -0.1) is 0 Å². The van der Waals surface area contributed by atoms with Crippen LogP contribution in [0.5, 0.6) is 0 Å². The van der Waals surface area contributed by atoms with E-state index in [9.17, 15) is 14.9 Å². The number of rotatable bonds is 8. The first kappa shape index (κ1) is 22.6. The van der Waals surface area contributed by atoms with Crippen LogP contribution < -0.4 is 5.19 Å². The number of nitro groups is 1. The molecule has 0 aliphatic heterocycles. The molecular formula is C28H27NO3Si. The zero-order valence-corrected chi connectivity index (χ0v) is 19.8. The van der Waals surface area contributed by atoms with E-state index >= 15 is 0 Å². The maximum Gasteiger partial charge on any atom is 0.211 e. The molecule has 0 aliphatic rings. The van der Waals surface area contributed by atoms with Gasteiger partial charge in [0, 0.05) is 4.92 Å². The molecule has 0 amide bonds. The maximum absolute atomic E-state index is 14.3. The highest BCUT2D eigenvalue weighted by Gasteiger charge is 2.43. The fraction of sp³-hybridized carbons (Fsp3) is 0.179. The van der Waals surface area contributed by atoms with Crippen molar-refractivity contribution in [2.24, 2.45) is 0 Å². The molecule has 4 aromatic rings. The molecule has 0 fully saturated rings. The molecular weight excluding hydrogens is 426 g/mol. The number of carbonyl (C=O) groups excluding carboxylic acids is 1. The van der Waals surface area contributed by atoms with Crippen molar-refractivity contribution in [3.8, 4) is 0 Å². The fourth-order valence-electron chi connectivity index (χ4n) is 4.73. The van der Waals surface area contributed by atoms with Crippen LogP contribution in [-0.2, 0) is 4.79 Å². The average molecular weight is 454 g/mol. The van der Waals surface area contributed by atoms with Crippen LogP contribution in [0.15, 0.2) is 103 Å². The second-order valence-electron chi connectivity index (χ2n) is 8.93. The highest BCUT2D eigenvalue weighted by Crippen LogP contribution is 2.39. The van der Waals surface area contributed by atoms with Crippen molar-refractivity contribution in [2.45, 2.75) is 24.9 Å². The highest BCUT2D eigenvalue weighted by molar-refractivity contribution is 7.13. The summed E-state index contributed by atoms with van der Waals surface area (Å²) in [6.45, 7) is 3.79. The number of hydrogen-bond donors (Lipinski definition) is 0. The Labute approximate surface area is 195 Å². The molecule has 0 spiro atoms. The topological polar surface area (TPSA) is 60.2 Å². The van der Waals surface area contributed by atoms with Crippen LogP contribution in [0.1, 0.15) is 23.0 Å². The summed E-state index contributed by atoms with van der Waals surface area (Å²) in [6.07, 6.45) is 0. The third kappa shape index (κ3) is 4.64. The highest BCUT2D eigenvalue weighted by atomic mass is 28.3. The standard InChI is InChI=1S/C28H27NO3Si/c1-33(2,23-16-7-4-8-17-23)28(30)27(22-13-5-3-6-14-22)26(20-29(31)32)25-19-11-15-21-12-9-10-18-24(21)25/h3-19,26-27H,20H2,1-2H3/t26-,27+/m0/s1. The third-order valence-electron chi connectivity index (χ3n) is 6.52. The first-order valence-electron chi connectivity index (χ1n) is 11.1. The molecule has 0 radical (unpaired) electrons. The number of carbonyl (C=O) groups is 1. The Bertz CT molecular complexity index is 1270. The summed E-state index contributed by atoms with van der Waals surface area (Å²) in [5.74, 6) is -1.18. The molecule has 166 valence electrons. The Morgan fingerprint density at radius 2 is 1.39 bits per heavy atom. The summed E-state index contributed by atoms with van der Waals surface area (Å²) in [5.41, 5.74) is 1.68. The van der Waals surface area contributed by atoms with Crippen LogP contribution in [0.3, 0.4) is 0 Å². The largest absolute Gasteiger partial charge is 0.304 e. The van der Waals surface area contributed by atoms with Crippen molar-refractivity contribution in [1.82, 2.24) is 0 Å². The lowest BCUT2D eigenvalue weighted by atomic mass is 9.80. The van der Waals surface area contributed by atoms with Gasteiger partial charge in [0.1, 0.15) is 5.41 Å². The lowest BCUT2D eigenvalue weighted by Crippen LogP contribution is -2.53. The van der Waals surface area contributed by atoms with Crippen molar-refractivity contribution < 1.29 is 9.72 Å². The van der Waals surface area contributed by atoms with Crippen LogP contribution in [0, 0.1) is 10.1 Å². The van der Waals surface area contributed by atoms with Gasteiger partial charge in [0.2, 0.25) is 6.54 Å². The van der Waals surface area contributed by atoms with Gasteiger partial charge in [0.25, 0.3) is 0 Å². The smallest absolute Gasteiger partial charge is 0.211 e. The van der Waals surface area contributed by atoms with Crippen LogP contribution >= 0.6 is 0 Å². The minimum atomic E-state index is -2.60. The molecule has 5 heteroatoms. The molecule has 4 rings (SSSR count). The molecule has 0 heterocycles. The molecule has 0 saturated heterocycles. The van der Waals surface area contributed by atoms with Crippen molar-refractivity contribution in [3.05, 3.63) is 124 Å². The second kappa shape index (κ2) is 9.51. The molecule has 4 aromatic carbocycles. The van der Waals surface area contributed by atoms with Gasteiger partial charge in [-0.2, -0.15) is 0 Å². The van der Waals surface area contributed by atoms with Gasteiger partial charge in [0.15, 0.2) is 8.07 Å². The number of benzene rings is 4. The van der Waals surface area contributed by atoms with E-state index < -0.39 is 19.9 Å². The number of nitrogens with zero attached hydrogens (tertiary/aromatic N) is 1. The van der Waals surface area contributed by atoms with Gasteiger partial charge in [-0.3, -0.25) is 10.1 Å². The molecule has 0 bridgehead atoms. The normalized spacial score (nSPS) is 13.4.